The second-order valence-electron chi connectivity index (χ2n) is 5.20. The number of benzene rings is 1. The normalized spacial score (nSPS) is 21.5. The summed E-state index contributed by atoms with van der Waals surface area (Å²) < 4.78 is 1.96. The summed E-state index contributed by atoms with van der Waals surface area (Å²) in [4.78, 5) is 0. The lowest BCUT2D eigenvalue weighted by Gasteiger charge is -2.09. The van der Waals surface area contributed by atoms with E-state index in [4.69, 9.17) is 7.85 Å². The van der Waals surface area contributed by atoms with E-state index < -0.39 is 0 Å². The molecular weight excluding hydrogens is 235 g/mol. The molecule has 2 aromatic rings. The lowest BCUT2D eigenvalue weighted by molar-refractivity contribution is 0.259. The Morgan fingerprint density at radius 1 is 1.26 bits per heavy atom. The highest BCUT2D eigenvalue weighted by Crippen LogP contribution is 2.42. The molecule has 1 N–H and O–H groups in total. The maximum Gasteiger partial charge on any atom is 0.0713 e. The summed E-state index contributed by atoms with van der Waals surface area (Å²) in [6, 6.07) is 10.3. The fourth-order valence-corrected chi connectivity index (χ4v) is 2.90. The molecule has 19 heavy (non-hydrogen) atoms. The van der Waals surface area contributed by atoms with Gasteiger partial charge in [-0.15, -0.1) is 0 Å². The van der Waals surface area contributed by atoms with Gasteiger partial charge in [-0.05, 0) is 23.5 Å². The van der Waals surface area contributed by atoms with Gasteiger partial charge in [0.05, 0.1) is 26.7 Å². The smallest absolute Gasteiger partial charge is 0.0713 e. The van der Waals surface area contributed by atoms with Gasteiger partial charge in [0.25, 0.3) is 0 Å². The second-order valence-corrected chi connectivity index (χ2v) is 5.20. The first-order chi connectivity index (χ1) is 9.31. The molecule has 2 atom stereocenters. The average molecular weight is 252 g/mol. The number of rotatable bonds is 4. The Kier molecular flexibility index (Phi) is 3.43. The van der Waals surface area contributed by atoms with Gasteiger partial charge in [-0.25, -0.2) is 0 Å². The van der Waals surface area contributed by atoms with Crippen LogP contribution in [-0.4, -0.2) is 29.3 Å². The van der Waals surface area contributed by atoms with Crippen LogP contribution < -0.4 is 0 Å². The molecule has 0 saturated heterocycles. The molecule has 96 valence electrons. The summed E-state index contributed by atoms with van der Waals surface area (Å²) in [7, 11) is 5.81. The molecule has 0 bridgehead atoms. The molecule has 0 fully saturated rings. The van der Waals surface area contributed by atoms with Crippen molar-refractivity contribution in [1.82, 2.24) is 9.78 Å². The molecule has 0 saturated carbocycles. The van der Waals surface area contributed by atoms with Crippen LogP contribution in [0, 0.1) is 0 Å². The van der Waals surface area contributed by atoms with Crippen molar-refractivity contribution in [3.63, 3.8) is 0 Å². The van der Waals surface area contributed by atoms with E-state index in [1.165, 1.54) is 11.1 Å². The van der Waals surface area contributed by atoms with Crippen LogP contribution in [0.4, 0.5) is 0 Å². The Hall–Kier alpha value is -1.55. The summed E-state index contributed by atoms with van der Waals surface area (Å²) in [5.41, 5.74) is 3.49. The van der Waals surface area contributed by atoms with Gasteiger partial charge in [-0.3, -0.25) is 4.68 Å². The minimum Gasteiger partial charge on any atom is -0.396 e. The third-order valence-corrected chi connectivity index (χ3v) is 3.91. The minimum atomic E-state index is 0.153. The highest BCUT2D eigenvalue weighted by molar-refractivity contribution is 6.09. The van der Waals surface area contributed by atoms with Crippen molar-refractivity contribution in [2.45, 2.75) is 31.1 Å². The molecule has 0 amide bonds. The van der Waals surface area contributed by atoms with Crippen LogP contribution in [0.2, 0.25) is 6.32 Å². The lowest BCUT2D eigenvalue weighted by atomic mass is 9.87. The number of aliphatic hydroxyl groups excluding tert-OH is 1. The first kappa shape index (κ1) is 12.5. The van der Waals surface area contributed by atoms with Gasteiger partial charge in [0, 0.05) is 12.1 Å². The van der Waals surface area contributed by atoms with Crippen molar-refractivity contribution in [2.24, 2.45) is 0 Å². The van der Waals surface area contributed by atoms with E-state index in [9.17, 15) is 5.11 Å². The van der Waals surface area contributed by atoms with Crippen LogP contribution in [0.15, 0.2) is 36.5 Å². The molecule has 1 heterocycles. The highest BCUT2D eigenvalue weighted by atomic mass is 16.3. The van der Waals surface area contributed by atoms with E-state index >= 15 is 0 Å². The van der Waals surface area contributed by atoms with E-state index in [2.05, 4.69) is 23.4 Å². The number of nitrogens with zero attached hydrogens (tertiary/aromatic N) is 2. The topological polar surface area (TPSA) is 38.1 Å². The first-order valence-electron chi connectivity index (χ1n) is 6.74. The van der Waals surface area contributed by atoms with E-state index in [0.29, 0.717) is 12.2 Å². The Bertz CT molecular complexity index is 525. The molecule has 2 radical (unpaired) electrons. The van der Waals surface area contributed by atoms with Crippen molar-refractivity contribution in [3.05, 3.63) is 53.3 Å². The summed E-state index contributed by atoms with van der Waals surface area (Å²) in [5, 5.41) is 14.1. The van der Waals surface area contributed by atoms with Gasteiger partial charge < -0.3 is 5.11 Å². The maximum atomic E-state index is 9.44. The van der Waals surface area contributed by atoms with Crippen LogP contribution in [0.3, 0.4) is 0 Å². The highest BCUT2D eigenvalue weighted by Gasteiger charge is 2.32. The number of hydrogen-bond acceptors (Lipinski definition) is 2. The van der Waals surface area contributed by atoms with Gasteiger partial charge >= 0.3 is 0 Å². The van der Waals surface area contributed by atoms with Crippen LogP contribution in [0.1, 0.15) is 35.1 Å². The maximum absolute atomic E-state index is 9.44. The predicted molar refractivity (Wildman–Crippen MR) is 75.5 cm³/mol. The van der Waals surface area contributed by atoms with Gasteiger partial charge in [0.15, 0.2) is 0 Å². The molecule has 3 rings (SSSR count). The fraction of sp³-hybridized carbons (Fsp3) is 0.400. The van der Waals surface area contributed by atoms with Crippen LogP contribution >= 0.6 is 0 Å². The molecule has 0 spiro atoms. The Balaban J connectivity index is 1.86. The molecule has 1 aromatic heterocycles. The molecule has 1 aliphatic rings. The monoisotopic (exact) mass is 252 g/mol. The summed E-state index contributed by atoms with van der Waals surface area (Å²) in [6.45, 7) is 0.926. The SMILES string of the molecule is [B]C[C@@H]1C[C@H](CO)c2nn(Cc3ccccc3)cc21. The van der Waals surface area contributed by atoms with E-state index in [0.717, 1.165) is 18.7 Å². The van der Waals surface area contributed by atoms with Crippen LogP contribution in [0.25, 0.3) is 0 Å². The van der Waals surface area contributed by atoms with E-state index in [-0.39, 0.29) is 12.5 Å². The quantitative estimate of drug-likeness (QED) is 0.846. The Morgan fingerprint density at radius 3 is 2.74 bits per heavy atom. The number of aromatic nitrogens is 2. The Labute approximate surface area is 114 Å². The van der Waals surface area contributed by atoms with Gasteiger partial charge in [0.1, 0.15) is 0 Å². The van der Waals surface area contributed by atoms with Gasteiger partial charge in [-0.1, -0.05) is 36.7 Å². The molecule has 1 aromatic carbocycles. The largest absolute Gasteiger partial charge is 0.396 e. The van der Waals surface area contributed by atoms with Crippen molar-refractivity contribution < 1.29 is 5.11 Å². The van der Waals surface area contributed by atoms with Crippen LogP contribution in [-0.2, 0) is 6.54 Å². The summed E-state index contributed by atoms with van der Waals surface area (Å²) >= 11 is 0. The zero-order valence-electron chi connectivity index (χ0n) is 10.9. The second kappa shape index (κ2) is 5.21. The lowest BCUT2D eigenvalue weighted by Crippen LogP contribution is -2.06. The molecule has 0 unspecified atom stereocenters. The number of hydrogen-bond donors (Lipinski definition) is 1. The molecule has 4 heteroatoms. The van der Waals surface area contributed by atoms with Gasteiger partial charge in [0.2, 0.25) is 0 Å². The van der Waals surface area contributed by atoms with Gasteiger partial charge in [-0.2, -0.15) is 5.10 Å². The predicted octanol–water partition coefficient (Wildman–Crippen LogP) is 2.08. The fourth-order valence-electron chi connectivity index (χ4n) is 2.90. The first-order valence-corrected chi connectivity index (χ1v) is 6.74. The van der Waals surface area contributed by atoms with E-state index in [1.807, 2.05) is 22.9 Å². The molecule has 3 nitrogen and oxygen atoms in total. The van der Waals surface area contributed by atoms with Crippen LogP contribution in [0.5, 0.6) is 0 Å². The summed E-state index contributed by atoms with van der Waals surface area (Å²) in [6.07, 6.45) is 3.65. The van der Waals surface area contributed by atoms with Crippen molar-refractivity contribution in [2.75, 3.05) is 6.61 Å². The van der Waals surface area contributed by atoms with Crippen molar-refractivity contribution in [3.8, 4) is 0 Å². The minimum absolute atomic E-state index is 0.153. The zero-order chi connectivity index (χ0) is 13.2. The molecule has 1 aliphatic carbocycles. The summed E-state index contributed by atoms with van der Waals surface area (Å²) in [5.74, 6) is 0.497. The van der Waals surface area contributed by atoms with Crippen molar-refractivity contribution >= 4 is 7.85 Å². The molecular formula is C15H17BN2O. The zero-order valence-corrected chi connectivity index (χ0v) is 10.9. The number of aliphatic hydroxyl groups is 1. The average Bonchev–Trinajstić information content (AvgIpc) is 2.98. The van der Waals surface area contributed by atoms with Crippen molar-refractivity contribution in [1.29, 1.82) is 0 Å². The molecule has 0 aliphatic heterocycles. The third kappa shape index (κ3) is 2.33. The third-order valence-electron chi connectivity index (χ3n) is 3.91. The standard InChI is InChI=1S/C15H17BN2O/c16-7-12-6-13(10-19)15-14(12)9-18(17-15)8-11-4-2-1-3-5-11/h1-5,9,12-13,19H,6-8,10H2/t12-,13+/m0/s1. The Morgan fingerprint density at radius 2 is 2.05 bits per heavy atom. The number of fused-ring (bicyclic) bond motifs is 1. The van der Waals surface area contributed by atoms with E-state index in [1.54, 1.807) is 0 Å².